The lowest BCUT2D eigenvalue weighted by Gasteiger charge is -2.09. The minimum atomic E-state index is 0.383. The van der Waals surface area contributed by atoms with Gasteiger partial charge in [0, 0.05) is 6.54 Å². The van der Waals surface area contributed by atoms with Crippen LogP contribution in [0.3, 0.4) is 0 Å². The summed E-state index contributed by atoms with van der Waals surface area (Å²) < 4.78 is 7.61. The second-order valence-electron chi connectivity index (χ2n) is 3.77. The standard InChI is InChI=1S/C12H16N4O/c1-2-7-16-9-14-15-12(16)8-17-11-6-4-3-5-10(11)13/h3-6,9H,2,7-8,13H2,1H3. The summed E-state index contributed by atoms with van der Waals surface area (Å²) in [5.74, 6) is 1.49. The van der Waals surface area contributed by atoms with Gasteiger partial charge in [0.2, 0.25) is 0 Å². The van der Waals surface area contributed by atoms with Gasteiger partial charge in [-0.05, 0) is 18.6 Å². The summed E-state index contributed by atoms with van der Waals surface area (Å²) in [5.41, 5.74) is 6.42. The molecule has 0 saturated heterocycles. The highest BCUT2D eigenvalue weighted by Crippen LogP contribution is 2.20. The summed E-state index contributed by atoms with van der Waals surface area (Å²) in [6, 6.07) is 7.42. The molecule has 2 N–H and O–H groups in total. The van der Waals surface area contributed by atoms with Crippen LogP contribution in [0.2, 0.25) is 0 Å². The zero-order chi connectivity index (χ0) is 12.1. The zero-order valence-electron chi connectivity index (χ0n) is 9.84. The number of anilines is 1. The fourth-order valence-corrected chi connectivity index (χ4v) is 1.57. The Morgan fingerprint density at radius 1 is 1.35 bits per heavy atom. The van der Waals surface area contributed by atoms with Gasteiger partial charge in [-0.2, -0.15) is 0 Å². The molecule has 17 heavy (non-hydrogen) atoms. The number of benzene rings is 1. The monoisotopic (exact) mass is 232 g/mol. The van der Waals surface area contributed by atoms with Gasteiger partial charge in [0.25, 0.3) is 0 Å². The van der Waals surface area contributed by atoms with Gasteiger partial charge in [-0.15, -0.1) is 10.2 Å². The molecule has 0 fully saturated rings. The minimum Gasteiger partial charge on any atom is -0.483 e. The van der Waals surface area contributed by atoms with Crippen LogP contribution in [0.5, 0.6) is 5.75 Å². The number of nitrogens with two attached hydrogens (primary N) is 1. The molecule has 90 valence electrons. The van der Waals surface area contributed by atoms with E-state index in [4.69, 9.17) is 10.5 Å². The molecule has 1 aromatic heterocycles. The van der Waals surface area contributed by atoms with Gasteiger partial charge < -0.3 is 15.0 Å². The highest BCUT2D eigenvalue weighted by Gasteiger charge is 2.05. The maximum absolute atomic E-state index is 5.79. The molecule has 2 rings (SSSR count). The van der Waals surface area contributed by atoms with Crippen LogP contribution in [0.1, 0.15) is 19.2 Å². The molecular weight excluding hydrogens is 216 g/mol. The first kappa shape index (κ1) is 11.4. The Labute approximate surface area is 100 Å². The zero-order valence-corrected chi connectivity index (χ0v) is 9.84. The third-order valence-electron chi connectivity index (χ3n) is 2.44. The molecule has 0 saturated carbocycles. The normalized spacial score (nSPS) is 10.4. The predicted octanol–water partition coefficient (Wildman–Crippen LogP) is 1.85. The first-order chi connectivity index (χ1) is 8.31. The number of hydrogen-bond acceptors (Lipinski definition) is 4. The molecule has 0 spiro atoms. The summed E-state index contributed by atoms with van der Waals surface area (Å²) in [6.07, 6.45) is 2.76. The van der Waals surface area contributed by atoms with Crippen LogP contribution in [0.25, 0.3) is 0 Å². The highest BCUT2D eigenvalue weighted by molar-refractivity contribution is 5.51. The smallest absolute Gasteiger partial charge is 0.170 e. The average Bonchev–Trinajstić information content (AvgIpc) is 2.76. The topological polar surface area (TPSA) is 66.0 Å². The number of nitrogen functional groups attached to an aromatic ring is 1. The summed E-state index contributed by atoms with van der Waals surface area (Å²) in [7, 11) is 0. The van der Waals surface area contributed by atoms with Crippen molar-refractivity contribution in [3.05, 3.63) is 36.4 Å². The van der Waals surface area contributed by atoms with Crippen LogP contribution in [-0.4, -0.2) is 14.8 Å². The molecule has 5 nitrogen and oxygen atoms in total. The van der Waals surface area contributed by atoms with Crippen LogP contribution in [0.4, 0.5) is 5.69 Å². The van der Waals surface area contributed by atoms with Gasteiger partial charge in [-0.1, -0.05) is 19.1 Å². The van der Waals surface area contributed by atoms with E-state index in [2.05, 4.69) is 17.1 Å². The van der Waals surface area contributed by atoms with Crippen molar-refractivity contribution >= 4 is 5.69 Å². The Hall–Kier alpha value is -2.04. The molecule has 0 unspecified atom stereocenters. The number of para-hydroxylation sites is 2. The van der Waals surface area contributed by atoms with Gasteiger partial charge in [-0.3, -0.25) is 0 Å². The molecule has 0 aliphatic heterocycles. The van der Waals surface area contributed by atoms with E-state index in [-0.39, 0.29) is 0 Å². The van der Waals surface area contributed by atoms with E-state index in [0.717, 1.165) is 18.8 Å². The second kappa shape index (κ2) is 5.34. The number of aromatic nitrogens is 3. The molecule has 1 aromatic carbocycles. The molecule has 0 amide bonds. The van der Waals surface area contributed by atoms with E-state index in [1.165, 1.54) is 0 Å². The maximum Gasteiger partial charge on any atom is 0.170 e. The molecule has 0 atom stereocenters. The molecule has 5 heteroatoms. The first-order valence-electron chi connectivity index (χ1n) is 5.65. The van der Waals surface area contributed by atoms with E-state index >= 15 is 0 Å². The largest absolute Gasteiger partial charge is 0.483 e. The summed E-state index contributed by atoms with van der Waals surface area (Å²) in [6.45, 7) is 3.39. The van der Waals surface area contributed by atoms with Crippen LogP contribution >= 0.6 is 0 Å². The number of hydrogen-bond donors (Lipinski definition) is 1. The van der Waals surface area contributed by atoms with E-state index in [1.54, 1.807) is 6.33 Å². The lowest BCUT2D eigenvalue weighted by molar-refractivity contribution is 0.290. The lowest BCUT2D eigenvalue weighted by atomic mass is 10.3. The van der Waals surface area contributed by atoms with Crippen molar-refractivity contribution in [1.82, 2.24) is 14.8 Å². The fourth-order valence-electron chi connectivity index (χ4n) is 1.57. The van der Waals surface area contributed by atoms with Gasteiger partial charge in [0.05, 0.1) is 5.69 Å². The van der Waals surface area contributed by atoms with E-state index < -0.39 is 0 Å². The Bertz CT molecular complexity index is 481. The molecular formula is C12H16N4O. The molecule has 1 heterocycles. The van der Waals surface area contributed by atoms with Crippen LogP contribution in [-0.2, 0) is 13.2 Å². The van der Waals surface area contributed by atoms with Gasteiger partial charge in [0.15, 0.2) is 5.82 Å². The van der Waals surface area contributed by atoms with E-state index in [0.29, 0.717) is 18.0 Å². The average molecular weight is 232 g/mol. The molecule has 0 bridgehead atoms. The Morgan fingerprint density at radius 3 is 2.94 bits per heavy atom. The van der Waals surface area contributed by atoms with Gasteiger partial charge >= 0.3 is 0 Å². The van der Waals surface area contributed by atoms with Crippen LogP contribution in [0, 0.1) is 0 Å². The third kappa shape index (κ3) is 2.75. The number of nitrogens with zero attached hydrogens (tertiary/aromatic N) is 3. The predicted molar refractivity (Wildman–Crippen MR) is 65.5 cm³/mol. The molecule has 0 aliphatic rings. The lowest BCUT2D eigenvalue weighted by Crippen LogP contribution is -2.07. The summed E-state index contributed by atoms with van der Waals surface area (Å²) >= 11 is 0. The van der Waals surface area contributed by atoms with E-state index in [1.807, 2.05) is 28.8 Å². The quantitative estimate of drug-likeness (QED) is 0.799. The fraction of sp³-hybridized carbons (Fsp3) is 0.333. The maximum atomic E-state index is 5.79. The Balaban J connectivity index is 2.02. The minimum absolute atomic E-state index is 0.383. The van der Waals surface area contributed by atoms with E-state index in [9.17, 15) is 0 Å². The number of rotatable bonds is 5. The van der Waals surface area contributed by atoms with Crippen molar-refractivity contribution in [1.29, 1.82) is 0 Å². The van der Waals surface area contributed by atoms with Crippen LogP contribution in [0.15, 0.2) is 30.6 Å². The summed E-state index contributed by atoms with van der Waals surface area (Å²) in [4.78, 5) is 0. The van der Waals surface area contributed by atoms with Crippen molar-refractivity contribution < 1.29 is 4.74 Å². The number of ether oxygens (including phenoxy) is 1. The number of aryl methyl sites for hydroxylation is 1. The second-order valence-corrected chi connectivity index (χ2v) is 3.77. The SMILES string of the molecule is CCCn1cnnc1COc1ccccc1N. The van der Waals surface area contributed by atoms with Crippen molar-refractivity contribution in [3.63, 3.8) is 0 Å². The third-order valence-corrected chi connectivity index (χ3v) is 2.44. The first-order valence-corrected chi connectivity index (χ1v) is 5.65. The molecule has 0 radical (unpaired) electrons. The molecule has 2 aromatic rings. The van der Waals surface area contributed by atoms with Crippen molar-refractivity contribution in [2.24, 2.45) is 0 Å². The van der Waals surface area contributed by atoms with Crippen molar-refractivity contribution in [2.45, 2.75) is 26.5 Å². The summed E-state index contributed by atoms with van der Waals surface area (Å²) in [5, 5.41) is 7.90. The van der Waals surface area contributed by atoms with Gasteiger partial charge in [0.1, 0.15) is 18.7 Å². The molecule has 0 aliphatic carbocycles. The van der Waals surface area contributed by atoms with Crippen molar-refractivity contribution in [2.75, 3.05) is 5.73 Å². The van der Waals surface area contributed by atoms with Crippen molar-refractivity contribution in [3.8, 4) is 5.75 Å². The van der Waals surface area contributed by atoms with Crippen LogP contribution < -0.4 is 10.5 Å². The Morgan fingerprint density at radius 2 is 2.18 bits per heavy atom. The highest BCUT2D eigenvalue weighted by atomic mass is 16.5. The Kier molecular flexibility index (Phi) is 3.59. The van der Waals surface area contributed by atoms with Gasteiger partial charge in [-0.25, -0.2) is 0 Å².